The smallest absolute Gasteiger partial charge is 0.137 e. The molecule has 0 amide bonds. The van der Waals surface area contributed by atoms with Crippen LogP contribution in [-0.2, 0) is 6.54 Å². The van der Waals surface area contributed by atoms with Gasteiger partial charge in [-0.25, -0.2) is 4.98 Å². The number of thioether (sulfide) groups is 1. The number of pyridine rings is 1. The molecule has 0 saturated carbocycles. The van der Waals surface area contributed by atoms with Crippen molar-refractivity contribution in [3.05, 3.63) is 30.1 Å². The summed E-state index contributed by atoms with van der Waals surface area (Å²) in [5, 5.41) is 2.09. The lowest BCUT2D eigenvalue weighted by Gasteiger charge is -2.20. The SMILES string of the molecule is CN(Cc1ccnc2[nH]ccc12)CC1CCCS1. The second kappa shape index (κ2) is 5.33. The highest BCUT2D eigenvalue weighted by Crippen LogP contribution is 2.27. The Labute approximate surface area is 112 Å². The molecule has 0 radical (unpaired) electrons. The highest BCUT2D eigenvalue weighted by molar-refractivity contribution is 8.00. The maximum Gasteiger partial charge on any atom is 0.137 e. The van der Waals surface area contributed by atoms with Crippen LogP contribution in [0.4, 0.5) is 0 Å². The Balaban J connectivity index is 1.69. The van der Waals surface area contributed by atoms with Gasteiger partial charge in [-0.05, 0) is 43.3 Å². The normalized spacial score (nSPS) is 20.0. The van der Waals surface area contributed by atoms with E-state index in [1.807, 2.05) is 12.4 Å². The van der Waals surface area contributed by atoms with E-state index >= 15 is 0 Å². The predicted octanol–water partition coefficient (Wildman–Crippen LogP) is 2.89. The molecule has 1 N–H and O–H groups in total. The van der Waals surface area contributed by atoms with Crippen LogP contribution in [0.2, 0.25) is 0 Å². The maximum atomic E-state index is 4.33. The number of aromatic nitrogens is 2. The molecule has 0 spiro atoms. The Hall–Kier alpha value is -1.00. The standard InChI is InChI=1S/C14H19N3S/c1-17(10-12-3-2-8-18-12)9-11-4-6-15-14-13(11)5-7-16-14/h4-7,12H,2-3,8-10H2,1H3,(H,15,16). The van der Waals surface area contributed by atoms with Crippen LogP contribution in [0.1, 0.15) is 18.4 Å². The van der Waals surface area contributed by atoms with Crippen LogP contribution in [0.5, 0.6) is 0 Å². The molecule has 1 aliphatic rings. The van der Waals surface area contributed by atoms with Gasteiger partial charge in [0.25, 0.3) is 0 Å². The molecular weight excluding hydrogens is 242 g/mol. The molecule has 0 bridgehead atoms. The third-order valence-corrected chi connectivity index (χ3v) is 4.91. The predicted molar refractivity (Wildman–Crippen MR) is 77.9 cm³/mol. The van der Waals surface area contributed by atoms with E-state index in [-0.39, 0.29) is 0 Å². The molecule has 3 rings (SSSR count). The number of H-pyrrole nitrogens is 1. The second-order valence-corrected chi connectivity index (χ2v) is 6.45. The molecule has 3 nitrogen and oxygen atoms in total. The largest absolute Gasteiger partial charge is 0.346 e. The molecule has 4 heteroatoms. The number of nitrogens with zero attached hydrogens (tertiary/aromatic N) is 2. The topological polar surface area (TPSA) is 31.9 Å². The third-order valence-electron chi connectivity index (χ3n) is 3.53. The highest BCUT2D eigenvalue weighted by atomic mass is 32.2. The highest BCUT2D eigenvalue weighted by Gasteiger charge is 2.17. The third kappa shape index (κ3) is 2.54. The minimum atomic E-state index is 0.832. The Bertz CT molecular complexity index is 516. The number of nitrogens with one attached hydrogen (secondary N) is 1. The van der Waals surface area contributed by atoms with E-state index < -0.39 is 0 Å². The summed E-state index contributed by atoms with van der Waals surface area (Å²) < 4.78 is 0. The van der Waals surface area contributed by atoms with Gasteiger partial charge in [0.1, 0.15) is 5.65 Å². The number of hydrogen-bond acceptors (Lipinski definition) is 3. The van der Waals surface area contributed by atoms with Gasteiger partial charge in [-0.2, -0.15) is 11.8 Å². The van der Waals surface area contributed by atoms with Crippen molar-refractivity contribution in [2.45, 2.75) is 24.6 Å². The van der Waals surface area contributed by atoms with Crippen LogP contribution in [0.3, 0.4) is 0 Å². The summed E-state index contributed by atoms with van der Waals surface area (Å²) in [6.07, 6.45) is 6.63. The molecule has 18 heavy (non-hydrogen) atoms. The second-order valence-electron chi connectivity index (χ2n) is 5.04. The van der Waals surface area contributed by atoms with Crippen molar-refractivity contribution in [3.63, 3.8) is 0 Å². The van der Waals surface area contributed by atoms with Gasteiger partial charge in [-0.1, -0.05) is 0 Å². The zero-order chi connectivity index (χ0) is 12.4. The van der Waals surface area contributed by atoms with E-state index in [0.29, 0.717) is 0 Å². The van der Waals surface area contributed by atoms with Crippen LogP contribution >= 0.6 is 11.8 Å². The van der Waals surface area contributed by atoms with Gasteiger partial charge < -0.3 is 9.88 Å². The summed E-state index contributed by atoms with van der Waals surface area (Å²) in [6, 6.07) is 4.25. The lowest BCUT2D eigenvalue weighted by molar-refractivity contribution is 0.326. The summed E-state index contributed by atoms with van der Waals surface area (Å²) in [7, 11) is 2.22. The van der Waals surface area contributed by atoms with Crippen molar-refractivity contribution in [2.24, 2.45) is 0 Å². The molecule has 2 aromatic rings. The fourth-order valence-electron chi connectivity index (χ4n) is 2.65. The van der Waals surface area contributed by atoms with Gasteiger partial charge in [0.05, 0.1) is 0 Å². The van der Waals surface area contributed by atoms with Crippen LogP contribution in [0.15, 0.2) is 24.5 Å². The van der Waals surface area contributed by atoms with Crippen molar-refractivity contribution in [3.8, 4) is 0 Å². The maximum absolute atomic E-state index is 4.33. The Morgan fingerprint density at radius 1 is 1.50 bits per heavy atom. The molecule has 1 saturated heterocycles. The molecule has 3 heterocycles. The zero-order valence-electron chi connectivity index (χ0n) is 10.7. The first-order chi connectivity index (χ1) is 8.83. The lowest BCUT2D eigenvalue weighted by atomic mass is 10.1. The quantitative estimate of drug-likeness (QED) is 0.918. The van der Waals surface area contributed by atoms with E-state index in [9.17, 15) is 0 Å². The molecule has 1 atom stereocenters. The van der Waals surface area contributed by atoms with Crippen LogP contribution in [0, 0.1) is 0 Å². The van der Waals surface area contributed by atoms with Gasteiger partial charge in [-0.3, -0.25) is 0 Å². The number of fused-ring (bicyclic) bond motifs is 1. The molecule has 1 aliphatic heterocycles. The van der Waals surface area contributed by atoms with Crippen molar-refractivity contribution < 1.29 is 0 Å². The van der Waals surface area contributed by atoms with E-state index in [4.69, 9.17) is 0 Å². The first-order valence-corrected chi connectivity index (χ1v) is 7.59. The Morgan fingerprint density at radius 2 is 2.44 bits per heavy atom. The number of rotatable bonds is 4. The van der Waals surface area contributed by atoms with Crippen LogP contribution < -0.4 is 0 Å². The van der Waals surface area contributed by atoms with E-state index in [1.165, 1.54) is 36.1 Å². The Kier molecular flexibility index (Phi) is 3.57. The van der Waals surface area contributed by atoms with Crippen LogP contribution in [0.25, 0.3) is 11.0 Å². The fourth-order valence-corrected chi connectivity index (χ4v) is 4.01. The molecule has 0 aromatic carbocycles. The summed E-state index contributed by atoms with van der Waals surface area (Å²) in [5.74, 6) is 1.34. The summed E-state index contributed by atoms with van der Waals surface area (Å²) >= 11 is 2.13. The molecule has 0 aliphatic carbocycles. The fraction of sp³-hybridized carbons (Fsp3) is 0.500. The van der Waals surface area contributed by atoms with E-state index in [2.05, 4.69) is 45.8 Å². The minimum Gasteiger partial charge on any atom is -0.346 e. The van der Waals surface area contributed by atoms with Crippen LogP contribution in [-0.4, -0.2) is 39.5 Å². The van der Waals surface area contributed by atoms with Gasteiger partial charge >= 0.3 is 0 Å². The molecule has 1 unspecified atom stereocenters. The molecule has 96 valence electrons. The van der Waals surface area contributed by atoms with Crippen molar-refractivity contribution >= 4 is 22.8 Å². The summed E-state index contributed by atoms with van der Waals surface area (Å²) in [5.41, 5.74) is 2.36. The number of aromatic amines is 1. The van der Waals surface area contributed by atoms with Crippen molar-refractivity contribution in [1.29, 1.82) is 0 Å². The molecule has 1 fully saturated rings. The van der Waals surface area contributed by atoms with E-state index in [0.717, 1.165) is 17.4 Å². The van der Waals surface area contributed by atoms with Crippen molar-refractivity contribution in [1.82, 2.24) is 14.9 Å². The average molecular weight is 261 g/mol. The monoisotopic (exact) mass is 261 g/mol. The minimum absolute atomic E-state index is 0.832. The van der Waals surface area contributed by atoms with Crippen molar-refractivity contribution in [2.75, 3.05) is 19.3 Å². The molecule has 2 aromatic heterocycles. The molecular formula is C14H19N3S. The van der Waals surface area contributed by atoms with Gasteiger partial charge in [0.15, 0.2) is 0 Å². The number of hydrogen-bond donors (Lipinski definition) is 1. The summed E-state index contributed by atoms with van der Waals surface area (Å²) in [6.45, 7) is 2.20. The average Bonchev–Trinajstić information content (AvgIpc) is 2.99. The van der Waals surface area contributed by atoms with Gasteiger partial charge in [0, 0.05) is 36.1 Å². The first kappa shape index (κ1) is 12.1. The van der Waals surface area contributed by atoms with E-state index in [1.54, 1.807) is 0 Å². The van der Waals surface area contributed by atoms with Gasteiger partial charge in [-0.15, -0.1) is 0 Å². The summed E-state index contributed by atoms with van der Waals surface area (Å²) in [4.78, 5) is 9.94. The van der Waals surface area contributed by atoms with Gasteiger partial charge in [0.2, 0.25) is 0 Å². The Morgan fingerprint density at radius 3 is 3.28 bits per heavy atom. The zero-order valence-corrected chi connectivity index (χ0v) is 11.5. The first-order valence-electron chi connectivity index (χ1n) is 6.54. The lowest BCUT2D eigenvalue weighted by Crippen LogP contribution is -2.25.